The van der Waals surface area contributed by atoms with Gasteiger partial charge in [0.05, 0.1) is 0 Å². The molecule has 0 saturated heterocycles. The van der Waals surface area contributed by atoms with Crippen molar-refractivity contribution in [1.29, 1.82) is 0 Å². The first-order valence-corrected chi connectivity index (χ1v) is 7.26. The molecule has 0 bridgehead atoms. The van der Waals surface area contributed by atoms with Gasteiger partial charge in [-0.25, -0.2) is 0 Å². The van der Waals surface area contributed by atoms with Crippen molar-refractivity contribution in [3.8, 4) is 0 Å². The Labute approximate surface area is 115 Å². The Bertz CT molecular complexity index is 643. The van der Waals surface area contributed by atoms with E-state index in [0.717, 1.165) is 12.8 Å². The fraction of sp³-hybridized carbons (Fsp3) is 0.333. The lowest BCUT2D eigenvalue weighted by molar-refractivity contribution is 0.759. The van der Waals surface area contributed by atoms with E-state index in [1.807, 2.05) is 0 Å². The number of allylic oxidation sites excluding steroid dienone is 4. The zero-order valence-corrected chi connectivity index (χ0v) is 11.7. The van der Waals surface area contributed by atoms with Crippen LogP contribution in [0.15, 0.2) is 42.5 Å². The Hall–Kier alpha value is -1.76. The first-order valence-electron chi connectivity index (χ1n) is 7.26. The summed E-state index contributed by atoms with van der Waals surface area (Å²) >= 11 is 0. The molecule has 0 fully saturated rings. The van der Waals surface area contributed by atoms with Gasteiger partial charge in [0.2, 0.25) is 0 Å². The van der Waals surface area contributed by atoms with E-state index < -0.39 is 0 Å². The van der Waals surface area contributed by atoms with Gasteiger partial charge in [0, 0.05) is 11.2 Å². The molecule has 1 heteroatoms. The SMILES string of the molecule is CCCc1cc2ccc(C3=CC=CCC3C)cc2[nH]1. The average molecular weight is 251 g/mol. The topological polar surface area (TPSA) is 15.8 Å². The third kappa shape index (κ3) is 2.37. The van der Waals surface area contributed by atoms with E-state index in [0.29, 0.717) is 5.92 Å². The molecule has 1 heterocycles. The van der Waals surface area contributed by atoms with Crippen LogP contribution in [0, 0.1) is 5.92 Å². The van der Waals surface area contributed by atoms with Gasteiger partial charge >= 0.3 is 0 Å². The van der Waals surface area contributed by atoms with E-state index in [2.05, 4.69) is 61.3 Å². The highest BCUT2D eigenvalue weighted by atomic mass is 14.7. The molecule has 1 atom stereocenters. The average Bonchev–Trinajstić information content (AvgIpc) is 2.81. The summed E-state index contributed by atoms with van der Waals surface area (Å²) < 4.78 is 0. The Morgan fingerprint density at radius 2 is 2.16 bits per heavy atom. The van der Waals surface area contributed by atoms with Crippen molar-refractivity contribution in [2.24, 2.45) is 5.92 Å². The van der Waals surface area contributed by atoms with Crippen LogP contribution in [0.5, 0.6) is 0 Å². The molecule has 1 aliphatic rings. The van der Waals surface area contributed by atoms with E-state index >= 15 is 0 Å². The summed E-state index contributed by atoms with van der Waals surface area (Å²) in [6.45, 7) is 4.52. The van der Waals surface area contributed by atoms with Crippen LogP contribution in [0.1, 0.15) is 37.9 Å². The van der Waals surface area contributed by atoms with Crippen LogP contribution in [-0.4, -0.2) is 4.98 Å². The molecule has 19 heavy (non-hydrogen) atoms. The highest BCUT2D eigenvalue weighted by molar-refractivity contribution is 5.85. The van der Waals surface area contributed by atoms with E-state index in [-0.39, 0.29) is 0 Å². The van der Waals surface area contributed by atoms with Crippen molar-refractivity contribution in [1.82, 2.24) is 4.98 Å². The molecule has 0 amide bonds. The molecular formula is C18H21N. The summed E-state index contributed by atoms with van der Waals surface area (Å²) in [4.78, 5) is 3.55. The first kappa shape index (κ1) is 12.3. The molecule has 98 valence electrons. The Balaban J connectivity index is 2.01. The van der Waals surface area contributed by atoms with Crippen LogP contribution in [0.25, 0.3) is 16.5 Å². The predicted molar refractivity (Wildman–Crippen MR) is 83.2 cm³/mol. The van der Waals surface area contributed by atoms with Gasteiger partial charge in [0.25, 0.3) is 0 Å². The van der Waals surface area contributed by atoms with Gasteiger partial charge in [-0.15, -0.1) is 0 Å². The Kier molecular flexibility index (Phi) is 3.29. The molecule has 0 spiro atoms. The normalized spacial score (nSPS) is 18.8. The molecule has 1 aromatic carbocycles. The Morgan fingerprint density at radius 1 is 1.26 bits per heavy atom. The third-order valence-corrected chi connectivity index (χ3v) is 3.96. The summed E-state index contributed by atoms with van der Waals surface area (Å²) in [5, 5.41) is 1.33. The standard InChI is InChI=1S/C18H21N/c1-3-6-16-11-15-10-9-14(12-18(15)19-16)17-8-5-4-7-13(17)2/h4-5,8-13,19H,3,6-7H2,1-2H3. The molecule has 0 radical (unpaired) electrons. The summed E-state index contributed by atoms with van der Waals surface area (Å²) in [7, 11) is 0. The van der Waals surface area contributed by atoms with Crippen molar-refractivity contribution in [3.05, 3.63) is 53.8 Å². The van der Waals surface area contributed by atoms with Gasteiger partial charge in [-0.3, -0.25) is 0 Å². The van der Waals surface area contributed by atoms with E-state index in [4.69, 9.17) is 0 Å². The fourth-order valence-corrected chi connectivity index (χ4v) is 2.90. The maximum absolute atomic E-state index is 3.55. The number of hydrogen-bond donors (Lipinski definition) is 1. The zero-order chi connectivity index (χ0) is 13.2. The van der Waals surface area contributed by atoms with Crippen LogP contribution < -0.4 is 0 Å². The van der Waals surface area contributed by atoms with E-state index in [1.165, 1.54) is 34.2 Å². The number of H-pyrrole nitrogens is 1. The number of benzene rings is 1. The molecule has 1 N–H and O–H groups in total. The molecule has 1 unspecified atom stereocenters. The summed E-state index contributed by atoms with van der Waals surface area (Å²) in [5.74, 6) is 0.618. The lowest BCUT2D eigenvalue weighted by Gasteiger charge is -2.17. The zero-order valence-electron chi connectivity index (χ0n) is 11.7. The second-order valence-corrected chi connectivity index (χ2v) is 5.53. The maximum atomic E-state index is 3.55. The second kappa shape index (κ2) is 5.08. The molecule has 2 aromatic rings. The van der Waals surface area contributed by atoms with Crippen LogP contribution in [0.4, 0.5) is 0 Å². The predicted octanol–water partition coefficient (Wildman–Crippen LogP) is 5.10. The molecule has 0 aliphatic heterocycles. The van der Waals surface area contributed by atoms with Gasteiger partial charge < -0.3 is 4.98 Å². The second-order valence-electron chi connectivity index (χ2n) is 5.53. The number of hydrogen-bond acceptors (Lipinski definition) is 0. The summed E-state index contributed by atoms with van der Waals surface area (Å²) in [6, 6.07) is 9.08. The molecule has 1 nitrogen and oxygen atoms in total. The molecule has 0 saturated carbocycles. The van der Waals surface area contributed by atoms with Crippen LogP contribution in [0.3, 0.4) is 0 Å². The van der Waals surface area contributed by atoms with Gasteiger partial charge in [0.1, 0.15) is 0 Å². The van der Waals surface area contributed by atoms with Crippen molar-refractivity contribution in [3.63, 3.8) is 0 Å². The number of aromatic nitrogens is 1. The summed E-state index contributed by atoms with van der Waals surface area (Å²) in [6.07, 6.45) is 10.1. The minimum absolute atomic E-state index is 0.618. The van der Waals surface area contributed by atoms with Crippen LogP contribution >= 0.6 is 0 Å². The fourth-order valence-electron chi connectivity index (χ4n) is 2.90. The van der Waals surface area contributed by atoms with E-state index in [9.17, 15) is 0 Å². The van der Waals surface area contributed by atoms with Crippen LogP contribution in [-0.2, 0) is 6.42 Å². The first-order chi connectivity index (χ1) is 9.28. The number of aryl methyl sites for hydroxylation is 1. The quantitative estimate of drug-likeness (QED) is 0.781. The minimum Gasteiger partial charge on any atom is -0.358 e. The number of nitrogens with one attached hydrogen (secondary N) is 1. The Morgan fingerprint density at radius 3 is 2.95 bits per heavy atom. The monoisotopic (exact) mass is 251 g/mol. The largest absolute Gasteiger partial charge is 0.358 e. The number of aromatic amines is 1. The van der Waals surface area contributed by atoms with Gasteiger partial charge in [-0.2, -0.15) is 0 Å². The minimum atomic E-state index is 0.618. The highest BCUT2D eigenvalue weighted by Gasteiger charge is 2.12. The van der Waals surface area contributed by atoms with Gasteiger partial charge in [-0.1, -0.05) is 50.6 Å². The van der Waals surface area contributed by atoms with Crippen molar-refractivity contribution >= 4 is 16.5 Å². The molecule has 3 rings (SSSR count). The van der Waals surface area contributed by atoms with Crippen molar-refractivity contribution < 1.29 is 0 Å². The number of fused-ring (bicyclic) bond motifs is 1. The molecule has 1 aliphatic carbocycles. The lowest BCUT2D eigenvalue weighted by atomic mass is 9.88. The van der Waals surface area contributed by atoms with E-state index in [1.54, 1.807) is 0 Å². The highest BCUT2D eigenvalue weighted by Crippen LogP contribution is 2.31. The van der Waals surface area contributed by atoms with Crippen molar-refractivity contribution in [2.45, 2.75) is 33.1 Å². The summed E-state index contributed by atoms with van der Waals surface area (Å²) in [5.41, 5.74) is 5.43. The third-order valence-electron chi connectivity index (χ3n) is 3.96. The number of rotatable bonds is 3. The van der Waals surface area contributed by atoms with Crippen LogP contribution in [0.2, 0.25) is 0 Å². The smallest absolute Gasteiger partial charge is 0.0462 e. The van der Waals surface area contributed by atoms with Crippen molar-refractivity contribution in [2.75, 3.05) is 0 Å². The van der Waals surface area contributed by atoms with Gasteiger partial charge in [-0.05, 0) is 47.4 Å². The lowest BCUT2D eigenvalue weighted by Crippen LogP contribution is -2.00. The maximum Gasteiger partial charge on any atom is 0.0462 e. The van der Waals surface area contributed by atoms with Gasteiger partial charge in [0.15, 0.2) is 0 Å². The molecule has 1 aromatic heterocycles. The molecular weight excluding hydrogens is 230 g/mol.